The van der Waals surface area contributed by atoms with E-state index in [1.165, 1.54) is 0 Å². The van der Waals surface area contributed by atoms with E-state index in [0.29, 0.717) is 22.1 Å². The number of nitrogens with one attached hydrogen (secondary N) is 1. The third-order valence-electron chi connectivity index (χ3n) is 4.96. The molecule has 0 saturated carbocycles. The van der Waals surface area contributed by atoms with Gasteiger partial charge < -0.3 is 5.32 Å². The summed E-state index contributed by atoms with van der Waals surface area (Å²) in [5.41, 5.74) is 1.14. The van der Waals surface area contributed by atoms with Crippen molar-refractivity contribution in [1.29, 1.82) is 0 Å². The lowest BCUT2D eigenvalue weighted by Crippen LogP contribution is -2.40. The molecule has 3 heterocycles. The van der Waals surface area contributed by atoms with E-state index in [4.69, 9.17) is 11.6 Å². The number of pyridine rings is 1. The number of thiol groups is 1. The molecule has 1 aromatic heterocycles. The standard InChI is InChI=1S/C19H19ClN4O2S/c20-13-11-12(22-17(25)14-5-1-3-9-21-14)7-8-15(13)24-18(26)16-6-2-4-10-23(16)19(24)27/h1,3,5,7-9,11,16,19,27H,2,4,6,10H2,(H,22,25). The van der Waals surface area contributed by atoms with Crippen molar-refractivity contribution in [3.8, 4) is 0 Å². The van der Waals surface area contributed by atoms with Crippen molar-refractivity contribution in [2.24, 2.45) is 0 Å². The molecule has 0 radical (unpaired) electrons. The van der Waals surface area contributed by atoms with Crippen molar-refractivity contribution in [1.82, 2.24) is 9.88 Å². The Morgan fingerprint density at radius 1 is 1.26 bits per heavy atom. The first-order valence-corrected chi connectivity index (χ1v) is 9.74. The highest BCUT2D eigenvalue weighted by Crippen LogP contribution is 2.38. The zero-order valence-corrected chi connectivity index (χ0v) is 16.2. The smallest absolute Gasteiger partial charge is 0.274 e. The van der Waals surface area contributed by atoms with Crippen LogP contribution in [0.2, 0.25) is 5.02 Å². The molecule has 6 nitrogen and oxygen atoms in total. The molecule has 2 aromatic rings. The summed E-state index contributed by atoms with van der Waals surface area (Å²) in [4.78, 5) is 32.9. The fourth-order valence-electron chi connectivity index (χ4n) is 3.63. The van der Waals surface area contributed by atoms with E-state index in [1.807, 2.05) is 0 Å². The second-order valence-electron chi connectivity index (χ2n) is 6.64. The van der Waals surface area contributed by atoms with E-state index < -0.39 is 0 Å². The van der Waals surface area contributed by atoms with E-state index in [2.05, 4.69) is 27.8 Å². The predicted octanol–water partition coefficient (Wildman–Crippen LogP) is 3.40. The quantitative estimate of drug-likeness (QED) is 0.772. The Kier molecular flexibility index (Phi) is 5.08. The number of hydrogen-bond donors (Lipinski definition) is 2. The molecule has 2 aliphatic rings. The molecule has 2 unspecified atom stereocenters. The number of benzene rings is 1. The van der Waals surface area contributed by atoms with Crippen molar-refractivity contribution in [2.75, 3.05) is 16.8 Å². The summed E-state index contributed by atoms with van der Waals surface area (Å²) in [6.07, 6.45) is 4.53. The summed E-state index contributed by atoms with van der Waals surface area (Å²) in [5, 5.41) is 3.16. The van der Waals surface area contributed by atoms with Crippen LogP contribution >= 0.6 is 24.2 Å². The van der Waals surface area contributed by atoms with Crippen LogP contribution < -0.4 is 10.2 Å². The molecular weight excluding hydrogens is 384 g/mol. The number of carbonyl (C=O) groups is 2. The van der Waals surface area contributed by atoms with E-state index in [-0.39, 0.29) is 23.4 Å². The zero-order chi connectivity index (χ0) is 19.0. The minimum absolute atomic E-state index is 0.0295. The van der Waals surface area contributed by atoms with Gasteiger partial charge in [0.2, 0.25) is 5.91 Å². The van der Waals surface area contributed by atoms with Crippen LogP contribution in [0.15, 0.2) is 42.6 Å². The lowest BCUT2D eigenvalue weighted by atomic mass is 10.0. The van der Waals surface area contributed by atoms with Gasteiger partial charge in [-0.1, -0.05) is 24.1 Å². The molecule has 2 amide bonds. The zero-order valence-electron chi connectivity index (χ0n) is 14.5. The average molecular weight is 403 g/mol. The molecule has 2 atom stereocenters. The number of anilines is 2. The Bertz CT molecular complexity index is 879. The van der Waals surface area contributed by atoms with Gasteiger partial charge in [-0.2, -0.15) is 0 Å². The maximum absolute atomic E-state index is 12.8. The lowest BCUT2D eigenvalue weighted by molar-refractivity contribution is -0.120. The van der Waals surface area contributed by atoms with Gasteiger partial charge >= 0.3 is 0 Å². The molecule has 4 rings (SSSR count). The molecule has 2 aliphatic heterocycles. The van der Waals surface area contributed by atoms with E-state index in [1.54, 1.807) is 47.5 Å². The summed E-state index contributed by atoms with van der Waals surface area (Å²) in [6.45, 7) is 0.858. The van der Waals surface area contributed by atoms with Gasteiger partial charge in [-0.3, -0.25) is 24.4 Å². The van der Waals surface area contributed by atoms with Crippen LogP contribution in [0, 0.1) is 0 Å². The normalized spacial score (nSPS) is 22.6. The highest BCUT2D eigenvalue weighted by Gasteiger charge is 2.46. The molecule has 2 fully saturated rings. The van der Waals surface area contributed by atoms with Crippen molar-refractivity contribution in [3.05, 3.63) is 53.3 Å². The third kappa shape index (κ3) is 3.42. The van der Waals surface area contributed by atoms with Crippen LogP contribution in [-0.4, -0.2) is 39.8 Å². The van der Waals surface area contributed by atoms with Gasteiger partial charge in [0.05, 0.1) is 16.8 Å². The fraction of sp³-hybridized carbons (Fsp3) is 0.316. The van der Waals surface area contributed by atoms with Crippen LogP contribution in [0.25, 0.3) is 0 Å². The Morgan fingerprint density at radius 2 is 2.11 bits per heavy atom. The van der Waals surface area contributed by atoms with E-state index in [0.717, 1.165) is 25.8 Å². The third-order valence-corrected chi connectivity index (χ3v) is 5.79. The molecule has 1 aromatic carbocycles. The van der Waals surface area contributed by atoms with Gasteiger partial charge in [0.25, 0.3) is 5.91 Å². The number of aromatic nitrogens is 1. The summed E-state index contributed by atoms with van der Waals surface area (Å²) in [7, 11) is 0. The maximum atomic E-state index is 12.8. The van der Waals surface area contributed by atoms with E-state index in [9.17, 15) is 9.59 Å². The number of amides is 2. The topological polar surface area (TPSA) is 65.5 Å². The molecule has 0 aliphatic carbocycles. The number of carbonyl (C=O) groups excluding carboxylic acids is 2. The summed E-state index contributed by atoms with van der Waals surface area (Å²) < 4.78 is 0. The van der Waals surface area contributed by atoms with Gasteiger partial charge in [-0.15, -0.1) is 12.6 Å². The van der Waals surface area contributed by atoms with Crippen molar-refractivity contribution >= 4 is 47.4 Å². The van der Waals surface area contributed by atoms with Gasteiger partial charge in [0.15, 0.2) is 0 Å². The van der Waals surface area contributed by atoms with Crippen LogP contribution in [0.4, 0.5) is 11.4 Å². The molecule has 140 valence electrons. The Balaban J connectivity index is 1.55. The maximum Gasteiger partial charge on any atom is 0.274 e. The predicted molar refractivity (Wildman–Crippen MR) is 108 cm³/mol. The van der Waals surface area contributed by atoms with Crippen LogP contribution in [0.1, 0.15) is 29.8 Å². The average Bonchev–Trinajstić information content (AvgIpc) is 2.94. The second kappa shape index (κ2) is 7.50. The number of hydrogen-bond acceptors (Lipinski definition) is 5. The minimum Gasteiger partial charge on any atom is -0.321 e. The first-order valence-electron chi connectivity index (χ1n) is 8.85. The number of rotatable bonds is 3. The van der Waals surface area contributed by atoms with Crippen LogP contribution in [-0.2, 0) is 4.79 Å². The fourth-order valence-corrected chi connectivity index (χ4v) is 4.42. The minimum atomic E-state index is -0.325. The number of halogens is 1. The highest BCUT2D eigenvalue weighted by molar-refractivity contribution is 7.81. The summed E-state index contributed by atoms with van der Waals surface area (Å²) in [5.74, 6) is -0.289. The van der Waals surface area contributed by atoms with Gasteiger partial charge in [0, 0.05) is 18.4 Å². The Labute approximate surface area is 167 Å². The van der Waals surface area contributed by atoms with E-state index >= 15 is 0 Å². The van der Waals surface area contributed by atoms with Crippen molar-refractivity contribution in [2.45, 2.75) is 30.8 Å². The summed E-state index contributed by atoms with van der Waals surface area (Å²) >= 11 is 11.1. The first-order chi connectivity index (χ1) is 13.1. The number of nitrogens with zero attached hydrogens (tertiary/aromatic N) is 3. The first kappa shape index (κ1) is 18.3. The monoisotopic (exact) mass is 402 g/mol. The van der Waals surface area contributed by atoms with Crippen molar-refractivity contribution in [3.63, 3.8) is 0 Å². The largest absolute Gasteiger partial charge is 0.321 e. The van der Waals surface area contributed by atoms with Crippen LogP contribution in [0.5, 0.6) is 0 Å². The van der Waals surface area contributed by atoms with Crippen LogP contribution in [0.3, 0.4) is 0 Å². The molecule has 27 heavy (non-hydrogen) atoms. The van der Waals surface area contributed by atoms with Gasteiger partial charge in [-0.25, -0.2) is 0 Å². The molecule has 8 heteroatoms. The molecule has 2 saturated heterocycles. The highest BCUT2D eigenvalue weighted by atomic mass is 35.5. The molecule has 0 spiro atoms. The summed E-state index contributed by atoms with van der Waals surface area (Å²) in [6, 6.07) is 10.1. The molecular formula is C19H19ClN4O2S. The Hall–Kier alpha value is -2.09. The van der Waals surface area contributed by atoms with Gasteiger partial charge in [-0.05, 0) is 43.2 Å². The second-order valence-corrected chi connectivity index (χ2v) is 7.51. The number of fused-ring (bicyclic) bond motifs is 1. The van der Waals surface area contributed by atoms with Crippen molar-refractivity contribution < 1.29 is 9.59 Å². The molecule has 1 N–H and O–H groups in total. The molecule has 0 bridgehead atoms. The number of piperidine rings is 1. The Morgan fingerprint density at radius 3 is 2.81 bits per heavy atom. The van der Waals surface area contributed by atoms with Gasteiger partial charge in [0.1, 0.15) is 11.2 Å². The lowest BCUT2D eigenvalue weighted by Gasteiger charge is -2.30. The SMILES string of the molecule is O=C(Nc1ccc(N2C(=O)C3CCCCN3C2S)c(Cl)c1)c1ccccn1.